The lowest BCUT2D eigenvalue weighted by atomic mass is 10.1. The van der Waals surface area contributed by atoms with E-state index >= 15 is 0 Å². The first kappa shape index (κ1) is 11.5. The number of piperidine rings is 1. The lowest BCUT2D eigenvalue weighted by Gasteiger charge is -2.32. The Hall–Kier alpha value is -0.610. The normalized spacial score (nSPS) is 25.2. The van der Waals surface area contributed by atoms with Crippen LogP contribution >= 0.6 is 0 Å². The summed E-state index contributed by atoms with van der Waals surface area (Å²) in [5.41, 5.74) is 5.69. The molecule has 1 aliphatic rings. The van der Waals surface area contributed by atoms with Crippen LogP contribution in [0.5, 0.6) is 0 Å². The van der Waals surface area contributed by atoms with E-state index in [0.29, 0.717) is 13.2 Å². The number of nitrogens with zero attached hydrogens (tertiary/aromatic N) is 1. The minimum atomic E-state index is -0.294. The Balaban J connectivity index is 2.39. The zero-order chi connectivity index (χ0) is 10.6. The number of hydrogen-bond donors (Lipinski definition) is 1. The monoisotopic (exact) mass is 200 g/mol. The average molecular weight is 200 g/mol. The molecule has 0 aromatic heterocycles. The molecular weight excluding hydrogens is 180 g/mol. The van der Waals surface area contributed by atoms with E-state index in [0.717, 1.165) is 19.4 Å². The summed E-state index contributed by atoms with van der Waals surface area (Å²) < 4.78 is 5.39. The third-order valence-corrected chi connectivity index (χ3v) is 2.50. The van der Waals surface area contributed by atoms with Gasteiger partial charge >= 0.3 is 0 Å². The van der Waals surface area contributed by atoms with Crippen LogP contribution in [0.25, 0.3) is 0 Å². The van der Waals surface area contributed by atoms with Gasteiger partial charge in [-0.25, -0.2) is 0 Å². The summed E-state index contributed by atoms with van der Waals surface area (Å²) in [4.78, 5) is 13.4. The topological polar surface area (TPSA) is 55.6 Å². The van der Waals surface area contributed by atoms with E-state index in [1.165, 1.54) is 0 Å². The Labute approximate surface area is 85.4 Å². The van der Waals surface area contributed by atoms with E-state index in [9.17, 15) is 4.79 Å². The Bertz CT molecular complexity index is 197. The van der Waals surface area contributed by atoms with Gasteiger partial charge in [0.05, 0.1) is 12.1 Å². The van der Waals surface area contributed by atoms with E-state index in [1.54, 1.807) is 0 Å². The predicted molar refractivity (Wildman–Crippen MR) is 54.9 cm³/mol. The zero-order valence-corrected chi connectivity index (χ0v) is 9.03. The summed E-state index contributed by atoms with van der Waals surface area (Å²) in [6, 6.07) is -0.294. The first-order chi connectivity index (χ1) is 6.65. The molecule has 1 fully saturated rings. The Morgan fingerprint density at radius 2 is 2.43 bits per heavy atom. The van der Waals surface area contributed by atoms with E-state index in [-0.39, 0.29) is 18.1 Å². The zero-order valence-electron chi connectivity index (χ0n) is 9.03. The standard InChI is InChI=1S/C10H20N2O2/c1-3-14-8(2)7-12-6-4-5-9(11)10(12)13/h8-9H,3-7,11H2,1-2H3. The van der Waals surface area contributed by atoms with E-state index in [2.05, 4.69) is 0 Å². The predicted octanol–water partition coefficient (Wildman–Crippen LogP) is 0.361. The largest absolute Gasteiger partial charge is 0.377 e. The molecule has 2 N–H and O–H groups in total. The van der Waals surface area contributed by atoms with Crippen LogP contribution < -0.4 is 5.73 Å². The van der Waals surface area contributed by atoms with Crippen molar-refractivity contribution < 1.29 is 9.53 Å². The van der Waals surface area contributed by atoms with Gasteiger partial charge in [-0.2, -0.15) is 0 Å². The van der Waals surface area contributed by atoms with Gasteiger partial charge in [0.2, 0.25) is 5.91 Å². The number of hydrogen-bond acceptors (Lipinski definition) is 3. The molecule has 2 atom stereocenters. The van der Waals surface area contributed by atoms with Crippen LogP contribution in [0.15, 0.2) is 0 Å². The average Bonchev–Trinajstić information content (AvgIpc) is 2.13. The molecule has 1 amide bonds. The highest BCUT2D eigenvalue weighted by molar-refractivity contribution is 5.82. The Kier molecular flexibility index (Phi) is 4.35. The van der Waals surface area contributed by atoms with Gasteiger partial charge in [-0.3, -0.25) is 4.79 Å². The minimum Gasteiger partial charge on any atom is -0.377 e. The molecular formula is C10H20N2O2. The first-order valence-electron chi connectivity index (χ1n) is 5.31. The van der Waals surface area contributed by atoms with Crippen molar-refractivity contribution in [2.45, 2.75) is 38.8 Å². The van der Waals surface area contributed by atoms with Crippen molar-refractivity contribution >= 4 is 5.91 Å². The van der Waals surface area contributed by atoms with Gasteiger partial charge in [0.25, 0.3) is 0 Å². The second-order valence-corrected chi connectivity index (χ2v) is 3.80. The number of carbonyl (C=O) groups excluding carboxylic acids is 1. The minimum absolute atomic E-state index is 0.0720. The highest BCUT2D eigenvalue weighted by Crippen LogP contribution is 2.10. The second kappa shape index (κ2) is 5.32. The smallest absolute Gasteiger partial charge is 0.239 e. The third-order valence-electron chi connectivity index (χ3n) is 2.50. The van der Waals surface area contributed by atoms with Crippen molar-refractivity contribution in [1.29, 1.82) is 0 Å². The summed E-state index contributed by atoms with van der Waals surface area (Å²) in [6.07, 6.45) is 1.93. The summed E-state index contributed by atoms with van der Waals surface area (Å²) >= 11 is 0. The molecule has 1 saturated heterocycles. The van der Waals surface area contributed by atoms with Gasteiger partial charge in [-0.05, 0) is 26.7 Å². The maximum Gasteiger partial charge on any atom is 0.239 e. The molecule has 0 aromatic rings. The van der Waals surface area contributed by atoms with Gasteiger partial charge < -0.3 is 15.4 Å². The van der Waals surface area contributed by atoms with Crippen molar-refractivity contribution in [2.24, 2.45) is 5.73 Å². The number of amides is 1. The molecule has 4 nitrogen and oxygen atoms in total. The molecule has 0 bridgehead atoms. The maximum absolute atomic E-state index is 11.6. The third kappa shape index (κ3) is 2.96. The molecule has 2 unspecified atom stereocenters. The van der Waals surface area contributed by atoms with E-state index in [1.807, 2.05) is 18.7 Å². The van der Waals surface area contributed by atoms with Crippen LogP contribution in [0.2, 0.25) is 0 Å². The number of nitrogens with two attached hydrogens (primary N) is 1. The maximum atomic E-state index is 11.6. The molecule has 1 aliphatic heterocycles. The molecule has 4 heteroatoms. The van der Waals surface area contributed by atoms with Gasteiger partial charge in [-0.1, -0.05) is 0 Å². The van der Waals surface area contributed by atoms with Crippen molar-refractivity contribution in [3.63, 3.8) is 0 Å². The van der Waals surface area contributed by atoms with Crippen molar-refractivity contribution in [3.05, 3.63) is 0 Å². The molecule has 1 heterocycles. The SMILES string of the molecule is CCOC(C)CN1CCCC(N)C1=O. The fourth-order valence-electron chi connectivity index (χ4n) is 1.80. The number of ether oxygens (including phenoxy) is 1. The van der Waals surface area contributed by atoms with Gasteiger partial charge in [-0.15, -0.1) is 0 Å². The van der Waals surface area contributed by atoms with Crippen LogP contribution in [0, 0.1) is 0 Å². The molecule has 0 spiro atoms. The molecule has 0 aliphatic carbocycles. The van der Waals surface area contributed by atoms with Gasteiger partial charge in [0.15, 0.2) is 0 Å². The Morgan fingerprint density at radius 1 is 1.71 bits per heavy atom. The summed E-state index contributed by atoms with van der Waals surface area (Å²) in [6.45, 7) is 6.12. The molecule has 0 saturated carbocycles. The quantitative estimate of drug-likeness (QED) is 0.713. The van der Waals surface area contributed by atoms with Crippen LogP contribution in [0.3, 0.4) is 0 Å². The van der Waals surface area contributed by atoms with Crippen molar-refractivity contribution in [3.8, 4) is 0 Å². The molecule has 0 radical (unpaired) electrons. The van der Waals surface area contributed by atoms with Crippen molar-refractivity contribution in [1.82, 2.24) is 4.90 Å². The first-order valence-corrected chi connectivity index (χ1v) is 5.31. The van der Waals surface area contributed by atoms with Crippen LogP contribution in [-0.4, -0.2) is 42.6 Å². The molecule has 14 heavy (non-hydrogen) atoms. The number of carbonyl (C=O) groups is 1. The van der Waals surface area contributed by atoms with Crippen molar-refractivity contribution in [2.75, 3.05) is 19.7 Å². The fraction of sp³-hybridized carbons (Fsp3) is 0.900. The van der Waals surface area contributed by atoms with Gasteiger partial charge in [0, 0.05) is 19.7 Å². The number of rotatable bonds is 4. The van der Waals surface area contributed by atoms with Crippen LogP contribution in [0.4, 0.5) is 0 Å². The molecule has 82 valence electrons. The summed E-state index contributed by atoms with van der Waals surface area (Å²) in [5.74, 6) is 0.0720. The highest BCUT2D eigenvalue weighted by atomic mass is 16.5. The Morgan fingerprint density at radius 3 is 3.07 bits per heavy atom. The highest BCUT2D eigenvalue weighted by Gasteiger charge is 2.26. The van der Waals surface area contributed by atoms with Gasteiger partial charge in [0.1, 0.15) is 0 Å². The van der Waals surface area contributed by atoms with Crippen LogP contribution in [-0.2, 0) is 9.53 Å². The second-order valence-electron chi connectivity index (χ2n) is 3.80. The molecule has 1 rings (SSSR count). The fourth-order valence-corrected chi connectivity index (χ4v) is 1.80. The van der Waals surface area contributed by atoms with E-state index in [4.69, 9.17) is 10.5 Å². The summed E-state index contributed by atoms with van der Waals surface area (Å²) in [7, 11) is 0. The summed E-state index contributed by atoms with van der Waals surface area (Å²) in [5, 5.41) is 0. The lowest BCUT2D eigenvalue weighted by molar-refractivity contribution is -0.136. The lowest BCUT2D eigenvalue weighted by Crippen LogP contribution is -2.50. The van der Waals surface area contributed by atoms with E-state index < -0.39 is 0 Å². The molecule has 0 aromatic carbocycles. The number of likely N-dealkylation sites (tertiary alicyclic amines) is 1. The van der Waals surface area contributed by atoms with Crippen LogP contribution in [0.1, 0.15) is 26.7 Å².